The van der Waals surface area contributed by atoms with Gasteiger partial charge in [-0.2, -0.15) is 5.10 Å². The van der Waals surface area contributed by atoms with Gasteiger partial charge in [0.15, 0.2) is 18.1 Å². The van der Waals surface area contributed by atoms with Crippen molar-refractivity contribution in [3.05, 3.63) is 81.3 Å². The Morgan fingerprint density at radius 1 is 1.03 bits per heavy atom. The number of amides is 2. The van der Waals surface area contributed by atoms with Gasteiger partial charge in [-0.05, 0) is 82.9 Å². The average Bonchev–Trinajstić information content (AvgIpc) is 2.85. The summed E-state index contributed by atoms with van der Waals surface area (Å²) in [5, 5.41) is 6.87. The summed E-state index contributed by atoms with van der Waals surface area (Å²) in [5.41, 5.74) is 6.30. The molecule has 0 atom stereocenters. The van der Waals surface area contributed by atoms with Crippen LogP contribution in [0.5, 0.6) is 17.2 Å². The standard InChI is InChI=1S/C26H26BrN3O5/c1-16-8-9-17(2)22(10-16)29-24(31)15-35-25-21(27)11-18(12-23(25)34-4)14-28-30-26(32)19-6-5-7-20(13-19)33-3/h5-14H,15H2,1-4H3,(H,29,31)(H,30,32)/b28-14+. The molecule has 3 aromatic carbocycles. The lowest BCUT2D eigenvalue weighted by molar-refractivity contribution is -0.118. The zero-order chi connectivity index (χ0) is 25.4. The third kappa shape index (κ3) is 7.07. The van der Waals surface area contributed by atoms with Crippen LogP contribution in [0.1, 0.15) is 27.0 Å². The van der Waals surface area contributed by atoms with Crippen LogP contribution in [-0.2, 0) is 4.79 Å². The van der Waals surface area contributed by atoms with E-state index in [-0.39, 0.29) is 18.4 Å². The molecule has 0 radical (unpaired) electrons. The van der Waals surface area contributed by atoms with Crippen LogP contribution in [0.3, 0.4) is 0 Å². The predicted molar refractivity (Wildman–Crippen MR) is 139 cm³/mol. The number of ether oxygens (including phenoxy) is 3. The van der Waals surface area contributed by atoms with Crippen molar-refractivity contribution in [2.45, 2.75) is 13.8 Å². The molecular weight excluding hydrogens is 514 g/mol. The highest BCUT2D eigenvalue weighted by molar-refractivity contribution is 9.10. The molecule has 2 amide bonds. The minimum absolute atomic E-state index is 0.202. The Labute approximate surface area is 212 Å². The predicted octanol–water partition coefficient (Wildman–Crippen LogP) is 4.86. The molecule has 0 aromatic heterocycles. The molecule has 0 aliphatic heterocycles. The topological polar surface area (TPSA) is 98.3 Å². The minimum atomic E-state index is -0.374. The lowest BCUT2D eigenvalue weighted by atomic mass is 10.1. The van der Waals surface area contributed by atoms with Crippen molar-refractivity contribution in [1.82, 2.24) is 5.43 Å². The molecule has 0 fully saturated rings. The van der Waals surface area contributed by atoms with Gasteiger partial charge in [-0.1, -0.05) is 18.2 Å². The maximum Gasteiger partial charge on any atom is 0.271 e. The van der Waals surface area contributed by atoms with Gasteiger partial charge < -0.3 is 19.5 Å². The van der Waals surface area contributed by atoms with E-state index in [1.807, 2.05) is 32.0 Å². The Bertz CT molecular complexity index is 1260. The van der Waals surface area contributed by atoms with Gasteiger partial charge in [-0.3, -0.25) is 9.59 Å². The zero-order valence-corrected chi connectivity index (χ0v) is 21.4. The summed E-state index contributed by atoms with van der Waals surface area (Å²) in [4.78, 5) is 24.7. The summed E-state index contributed by atoms with van der Waals surface area (Å²) in [6.07, 6.45) is 1.47. The molecule has 0 aliphatic carbocycles. The van der Waals surface area contributed by atoms with Crippen LogP contribution < -0.4 is 25.0 Å². The summed E-state index contributed by atoms with van der Waals surface area (Å²) in [6.45, 7) is 3.68. The number of hydrogen-bond donors (Lipinski definition) is 2. The molecule has 0 unspecified atom stereocenters. The minimum Gasteiger partial charge on any atom is -0.497 e. The SMILES string of the molecule is COc1cccc(C(=O)N/N=C/c2cc(Br)c(OCC(=O)Nc3cc(C)ccc3C)c(OC)c2)c1. The molecule has 8 nitrogen and oxygen atoms in total. The van der Waals surface area contributed by atoms with E-state index in [0.717, 1.165) is 16.8 Å². The first-order chi connectivity index (χ1) is 16.8. The van der Waals surface area contributed by atoms with Gasteiger partial charge in [0.2, 0.25) is 0 Å². The van der Waals surface area contributed by atoms with Gasteiger partial charge in [0.1, 0.15) is 5.75 Å². The highest BCUT2D eigenvalue weighted by Crippen LogP contribution is 2.36. The van der Waals surface area contributed by atoms with E-state index in [9.17, 15) is 9.59 Å². The molecule has 3 rings (SSSR count). The van der Waals surface area contributed by atoms with Crippen molar-refractivity contribution in [3.8, 4) is 17.2 Å². The molecule has 2 N–H and O–H groups in total. The monoisotopic (exact) mass is 539 g/mol. The lowest BCUT2D eigenvalue weighted by Crippen LogP contribution is -2.21. The smallest absolute Gasteiger partial charge is 0.271 e. The second-order valence-corrected chi connectivity index (χ2v) is 8.47. The molecule has 0 bridgehead atoms. The number of rotatable bonds is 9. The molecule has 0 saturated carbocycles. The number of hydrogen-bond acceptors (Lipinski definition) is 6. The van der Waals surface area contributed by atoms with Crippen LogP contribution in [-0.4, -0.2) is 38.9 Å². The third-order valence-electron chi connectivity index (χ3n) is 4.98. The summed E-state index contributed by atoms with van der Waals surface area (Å²) < 4.78 is 16.9. The fourth-order valence-corrected chi connectivity index (χ4v) is 3.72. The Morgan fingerprint density at radius 2 is 1.83 bits per heavy atom. The normalized spacial score (nSPS) is 10.7. The van der Waals surface area contributed by atoms with Gasteiger partial charge in [0, 0.05) is 11.3 Å². The molecule has 35 heavy (non-hydrogen) atoms. The fourth-order valence-electron chi connectivity index (χ4n) is 3.14. The largest absolute Gasteiger partial charge is 0.497 e. The van der Waals surface area contributed by atoms with Crippen LogP contribution in [0.2, 0.25) is 0 Å². The van der Waals surface area contributed by atoms with Crippen molar-refractivity contribution in [3.63, 3.8) is 0 Å². The fraction of sp³-hybridized carbons (Fsp3) is 0.192. The van der Waals surface area contributed by atoms with E-state index in [0.29, 0.717) is 32.8 Å². The molecule has 9 heteroatoms. The summed E-state index contributed by atoms with van der Waals surface area (Å²) in [7, 11) is 3.03. The van der Waals surface area contributed by atoms with Crippen LogP contribution in [0.15, 0.2) is 64.2 Å². The average molecular weight is 540 g/mol. The second-order valence-electron chi connectivity index (χ2n) is 7.62. The number of anilines is 1. The van der Waals surface area contributed by atoms with Gasteiger partial charge in [0.25, 0.3) is 11.8 Å². The van der Waals surface area contributed by atoms with E-state index >= 15 is 0 Å². The first-order valence-corrected chi connectivity index (χ1v) is 11.4. The van der Waals surface area contributed by atoms with Crippen molar-refractivity contribution in [2.24, 2.45) is 5.10 Å². The zero-order valence-electron chi connectivity index (χ0n) is 19.8. The van der Waals surface area contributed by atoms with E-state index in [2.05, 4.69) is 31.8 Å². The van der Waals surface area contributed by atoms with Gasteiger partial charge in [0.05, 0.1) is 24.9 Å². The first-order valence-electron chi connectivity index (χ1n) is 10.7. The number of aryl methyl sites for hydroxylation is 2. The number of carbonyl (C=O) groups excluding carboxylic acids is 2. The number of carbonyl (C=O) groups is 2. The van der Waals surface area contributed by atoms with E-state index < -0.39 is 0 Å². The highest BCUT2D eigenvalue weighted by Gasteiger charge is 2.14. The van der Waals surface area contributed by atoms with Gasteiger partial charge in [-0.15, -0.1) is 0 Å². The van der Waals surface area contributed by atoms with Crippen LogP contribution in [0, 0.1) is 13.8 Å². The molecule has 0 spiro atoms. The highest BCUT2D eigenvalue weighted by atomic mass is 79.9. The quantitative estimate of drug-likeness (QED) is 0.298. The maximum absolute atomic E-state index is 12.4. The molecule has 0 heterocycles. The number of nitrogens with one attached hydrogen (secondary N) is 2. The number of methoxy groups -OCH3 is 2. The van der Waals surface area contributed by atoms with Crippen molar-refractivity contribution in [2.75, 3.05) is 26.1 Å². The molecule has 182 valence electrons. The number of hydrazone groups is 1. The molecular formula is C26H26BrN3O5. The van der Waals surface area contributed by atoms with Gasteiger partial charge in [-0.25, -0.2) is 5.43 Å². The Kier molecular flexibility index (Phi) is 8.86. The van der Waals surface area contributed by atoms with Crippen molar-refractivity contribution in [1.29, 1.82) is 0 Å². The summed E-state index contributed by atoms with van der Waals surface area (Å²) in [5.74, 6) is 0.689. The van der Waals surface area contributed by atoms with E-state index in [4.69, 9.17) is 14.2 Å². The van der Waals surface area contributed by atoms with Crippen LogP contribution in [0.25, 0.3) is 0 Å². The summed E-state index contributed by atoms with van der Waals surface area (Å²) in [6, 6.07) is 16.0. The molecule has 0 saturated heterocycles. The molecule has 0 aliphatic rings. The Hall–Kier alpha value is -3.85. The van der Waals surface area contributed by atoms with Gasteiger partial charge >= 0.3 is 0 Å². The maximum atomic E-state index is 12.4. The Morgan fingerprint density at radius 3 is 2.57 bits per heavy atom. The number of nitrogens with zero attached hydrogens (tertiary/aromatic N) is 1. The summed E-state index contributed by atoms with van der Waals surface area (Å²) >= 11 is 3.45. The van der Waals surface area contributed by atoms with Crippen molar-refractivity contribution < 1.29 is 23.8 Å². The second kappa shape index (κ2) is 12.0. The first kappa shape index (κ1) is 25.8. The lowest BCUT2D eigenvalue weighted by Gasteiger charge is -2.14. The van der Waals surface area contributed by atoms with E-state index in [1.165, 1.54) is 20.4 Å². The molecule has 3 aromatic rings. The number of halogens is 1. The van der Waals surface area contributed by atoms with Crippen molar-refractivity contribution >= 4 is 39.6 Å². The van der Waals surface area contributed by atoms with Crippen LogP contribution in [0.4, 0.5) is 5.69 Å². The van der Waals surface area contributed by atoms with E-state index in [1.54, 1.807) is 36.4 Å². The third-order valence-corrected chi connectivity index (χ3v) is 5.57. The Balaban J connectivity index is 1.64. The van der Waals surface area contributed by atoms with Crippen LogP contribution >= 0.6 is 15.9 Å². The number of benzene rings is 3.